The quantitative estimate of drug-likeness (QED) is 0.733. The van der Waals surface area contributed by atoms with Crippen LogP contribution in [0.1, 0.15) is 33.6 Å². The second-order valence-electron chi connectivity index (χ2n) is 4.95. The van der Waals surface area contributed by atoms with Crippen molar-refractivity contribution in [2.24, 2.45) is 0 Å². The Morgan fingerprint density at radius 1 is 1.50 bits per heavy atom. The molecule has 16 heavy (non-hydrogen) atoms. The molecule has 92 valence electrons. The Bertz CT molecular complexity index is 289. The first-order chi connectivity index (χ1) is 7.33. The highest BCUT2D eigenvalue weighted by molar-refractivity contribution is 5.82. The summed E-state index contributed by atoms with van der Waals surface area (Å²) in [6, 6.07) is -0.810. The van der Waals surface area contributed by atoms with E-state index in [1.807, 2.05) is 0 Å². The van der Waals surface area contributed by atoms with Crippen LogP contribution in [0.15, 0.2) is 0 Å². The molecule has 5 heteroatoms. The Morgan fingerprint density at radius 2 is 2.12 bits per heavy atom. The average molecular weight is 228 g/mol. The average Bonchev–Trinajstić information content (AvgIpc) is 2.43. The van der Waals surface area contributed by atoms with Crippen LogP contribution in [-0.4, -0.2) is 46.6 Å². The van der Waals surface area contributed by atoms with Gasteiger partial charge < -0.3 is 10.4 Å². The number of carboxylic acids is 1. The van der Waals surface area contributed by atoms with Gasteiger partial charge in [0.15, 0.2) is 0 Å². The topological polar surface area (TPSA) is 69.6 Å². The standard InChI is InChI=1S/C11H20N2O3/c1-8(14)12-9(10(15)16)7-13-6-4-5-11(13,2)3/h9H,4-7H2,1-3H3,(H,12,14)(H,15,16). The molecule has 0 aromatic rings. The van der Waals surface area contributed by atoms with Gasteiger partial charge in [0, 0.05) is 19.0 Å². The van der Waals surface area contributed by atoms with Crippen molar-refractivity contribution >= 4 is 11.9 Å². The van der Waals surface area contributed by atoms with Crippen LogP contribution >= 0.6 is 0 Å². The Balaban J connectivity index is 2.61. The van der Waals surface area contributed by atoms with Crippen LogP contribution in [0.2, 0.25) is 0 Å². The number of carbonyl (C=O) groups is 2. The highest BCUT2D eigenvalue weighted by Gasteiger charge is 2.34. The van der Waals surface area contributed by atoms with E-state index >= 15 is 0 Å². The molecule has 1 heterocycles. The third kappa shape index (κ3) is 3.20. The molecule has 1 fully saturated rings. The van der Waals surface area contributed by atoms with Crippen LogP contribution in [0.25, 0.3) is 0 Å². The molecule has 0 radical (unpaired) electrons. The van der Waals surface area contributed by atoms with E-state index in [-0.39, 0.29) is 11.4 Å². The number of likely N-dealkylation sites (tertiary alicyclic amines) is 1. The number of hydrogen-bond donors (Lipinski definition) is 2. The molecule has 0 spiro atoms. The predicted molar refractivity (Wildman–Crippen MR) is 60.1 cm³/mol. The van der Waals surface area contributed by atoms with Crippen LogP contribution in [0.3, 0.4) is 0 Å². The minimum Gasteiger partial charge on any atom is -0.480 e. The van der Waals surface area contributed by atoms with Gasteiger partial charge in [0.2, 0.25) is 5.91 Å². The molecule has 0 aromatic heterocycles. The van der Waals surface area contributed by atoms with Crippen LogP contribution < -0.4 is 5.32 Å². The van der Waals surface area contributed by atoms with E-state index in [1.54, 1.807) is 0 Å². The van der Waals surface area contributed by atoms with Gasteiger partial charge in [-0.2, -0.15) is 0 Å². The smallest absolute Gasteiger partial charge is 0.327 e. The number of nitrogens with zero attached hydrogens (tertiary/aromatic N) is 1. The van der Waals surface area contributed by atoms with Crippen molar-refractivity contribution in [1.82, 2.24) is 10.2 Å². The fraction of sp³-hybridized carbons (Fsp3) is 0.818. The maximum atomic E-state index is 11.0. The number of rotatable bonds is 4. The molecule has 1 amide bonds. The molecule has 0 aliphatic carbocycles. The van der Waals surface area contributed by atoms with Crippen molar-refractivity contribution in [3.05, 3.63) is 0 Å². The lowest BCUT2D eigenvalue weighted by Crippen LogP contribution is -2.51. The summed E-state index contributed by atoms with van der Waals surface area (Å²) in [7, 11) is 0. The third-order valence-corrected chi connectivity index (χ3v) is 3.15. The van der Waals surface area contributed by atoms with Crippen LogP contribution in [0, 0.1) is 0 Å². The van der Waals surface area contributed by atoms with Crippen molar-refractivity contribution in [3.8, 4) is 0 Å². The zero-order valence-electron chi connectivity index (χ0n) is 10.1. The molecule has 1 saturated heterocycles. The van der Waals surface area contributed by atoms with Gasteiger partial charge in [-0.1, -0.05) is 0 Å². The zero-order valence-corrected chi connectivity index (χ0v) is 10.1. The molecule has 2 N–H and O–H groups in total. The number of hydrogen-bond acceptors (Lipinski definition) is 3. The Labute approximate surface area is 95.8 Å². The summed E-state index contributed by atoms with van der Waals surface area (Å²) in [5.41, 5.74) is 0.0339. The summed E-state index contributed by atoms with van der Waals surface area (Å²) < 4.78 is 0. The number of carboxylic acid groups (broad SMARTS) is 1. The molecule has 0 bridgehead atoms. The van der Waals surface area contributed by atoms with E-state index in [0.717, 1.165) is 19.4 Å². The first-order valence-electron chi connectivity index (χ1n) is 5.58. The van der Waals surface area contributed by atoms with E-state index in [1.165, 1.54) is 6.92 Å². The maximum absolute atomic E-state index is 11.0. The highest BCUT2D eigenvalue weighted by atomic mass is 16.4. The van der Waals surface area contributed by atoms with Crippen molar-refractivity contribution in [1.29, 1.82) is 0 Å². The van der Waals surface area contributed by atoms with Gasteiger partial charge in [-0.15, -0.1) is 0 Å². The minimum atomic E-state index is -0.974. The predicted octanol–water partition coefficient (Wildman–Crippen LogP) is 0.450. The summed E-state index contributed by atoms with van der Waals surface area (Å²) in [6.07, 6.45) is 2.15. The first kappa shape index (κ1) is 13.0. The Morgan fingerprint density at radius 3 is 2.50 bits per heavy atom. The molecule has 1 aliphatic heterocycles. The fourth-order valence-corrected chi connectivity index (χ4v) is 2.15. The lowest BCUT2D eigenvalue weighted by atomic mass is 10.0. The van der Waals surface area contributed by atoms with E-state index in [4.69, 9.17) is 5.11 Å². The Kier molecular flexibility index (Phi) is 3.91. The van der Waals surface area contributed by atoms with Crippen LogP contribution in [0.5, 0.6) is 0 Å². The Hall–Kier alpha value is -1.10. The lowest BCUT2D eigenvalue weighted by Gasteiger charge is -2.33. The third-order valence-electron chi connectivity index (χ3n) is 3.15. The van der Waals surface area contributed by atoms with Gasteiger partial charge in [0.05, 0.1) is 0 Å². The number of nitrogens with one attached hydrogen (secondary N) is 1. The lowest BCUT2D eigenvalue weighted by molar-refractivity contribution is -0.142. The van der Waals surface area contributed by atoms with Gasteiger partial charge in [-0.3, -0.25) is 9.69 Å². The summed E-state index contributed by atoms with van der Waals surface area (Å²) in [6.45, 7) is 6.82. The van der Waals surface area contributed by atoms with Crippen molar-refractivity contribution in [3.63, 3.8) is 0 Å². The fourth-order valence-electron chi connectivity index (χ4n) is 2.15. The van der Waals surface area contributed by atoms with Gasteiger partial charge in [-0.05, 0) is 33.2 Å². The summed E-state index contributed by atoms with van der Waals surface area (Å²) in [5, 5.41) is 11.5. The molecule has 1 atom stereocenters. The van der Waals surface area contributed by atoms with Crippen LogP contribution in [-0.2, 0) is 9.59 Å². The van der Waals surface area contributed by atoms with Gasteiger partial charge in [-0.25, -0.2) is 4.79 Å². The first-order valence-corrected chi connectivity index (χ1v) is 5.58. The zero-order chi connectivity index (χ0) is 12.3. The highest BCUT2D eigenvalue weighted by Crippen LogP contribution is 2.27. The molecule has 1 rings (SSSR count). The maximum Gasteiger partial charge on any atom is 0.327 e. The normalized spacial score (nSPS) is 21.7. The molecular formula is C11H20N2O3. The second kappa shape index (κ2) is 4.82. The largest absolute Gasteiger partial charge is 0.480 e. The van der Waals surface area contributed by atoms with E-state index in [2.05, 4.69) is 24.1 Å². The number of carbonyl (C=O) groups excluding carboxylic acids is 1. The molecule has 0 saturated carbocycles. The van der Waals surface area contributed by atoms with E-state index in [0.29, 0.717) is 6.54 Å². The number of aliphatic carboxylic acids is 1. The van der Waals surface area contributed by atoms with Crippen molar-refractivity contribution in [2.45, 2.75) is 45.2 Å². The molecule has 1 aliphatic rings. The van der Waals surface area contributed by atoms with Crippen LogP contribution in [0.4, 0.5) is 0 Å². The molecular weight excluding hydrogens is 208 g/mol. The summed E-state index contributed by atoms with van der Waals surface area (Å²) >= 11 is 0. The number of amides is 1. The van der Waals surface area contributed by atoms with Gasteiger partial charge >= 0.3 is 5.97 Å². The SMILES string of the molecule is CC(=O)NC(CN1CCCC1(C)C)C(=O)O. The van der Waals surface area contributed by atoms with E-state index in [9.17, 15) is 9.59 Å². The van der Waals surface area contributed by atoms with Gasteiger partial charge in [0.25, 0.3) is 0 Å². The van der Waals surface area contributed by atoms with Crippen molar-refractivity contribution < 1.29 is 14.7 Å². The molecule has 5 nitrogen and oxygen atoms in total. The second-order valence-corrected chi connectivity index (χ2v) is 4.95. The summed E-state index contributed by atoms with van der Waals surface area (Å²) in [5.74, 6) is -1.28. The molecule has 1 unspecified atom stereocenters. The molecule has 0 aromatic carbocycles. The van der Waals surface area contributed by atoms with Gasteiger partial charge in [0.1, 0.15) is 6.04 Å². The monoisotopic (exact) mass is 228 g/mol. The van der Waals surface area contributed by atoms with Crippen molar-refractivity contribution in [2.75, 3.05) is 13.1 Å². The minimum absolute atomic E-state index is 0.0339. The van der Waals surface area contributed by atoms with E-state index < -0.39 is 12.0 Å². The summed E-state index contributed by atoms with van der Waals surface area (Å²) in [4.78, 5) is 24.0.